The molecule has 10 heteroatoms. The molecule has 0 aromatic heterocycles. The van der Waals surface area contributed by atoms with Crippen molar-refractivity contribution >= 4 is 23.7 Å². The van der Waals surface area contributed by atoms with E-state index < -0.39 is 47.9 Å². The largest absolute Gasteiger partial charge is 0.480 e. The molecule has 1 aromatic carbocycles. The summed E-state index contributed by atoms with van der Waals surface area (Å²) in [6, 6.07) is 5.34. The molecule has 0 saturated heterocycles. The first-order chi connectivity index (χ1) is 17.0. The molecular weight excluding hydrogens is 462 g/mol. The number of hydrogen-bond acceptors (Lipinski definition) is 6. The van der Waals surface area contributed by atoms with Crippen molar-refractivity contribution in [1.29, 1.82) is 0 Å². The minimum absolute atomic E-state index is 0.131. The number of amides is 3. The van der Waals surface area contributed by atoms with Crippen LogP contribution in [-0.2, 0) is 25.6 Å². The van der Waals surface area contributed by atoms with Crippen LogP contribution in [0.2, 0.25) is 0 Å². The number of hydrogen-bond donors (Lipinski definition) is 6. The summed E-state index contributed by atoms with van der Waals surface area (Å²) in [6.45, 7) is 7.62. The molecule has 202 valence electrons. The lowest BCUT2D eigenvalue weighted by atomic mass is 9.98. The molecule has 1 rings (SSSR count). The average molecular weight is 506 g/mol. The van der Waals surface area contributed by atoms with Gasteiger partial charge in [-0.3, -0.25) is 14.4 Å². The van der Waals surface area contributed by atoms with Crippen LogP contribution < -0.4 is 27.4 Å². The third kappa shape index (κ3) is 10.3. The Morgan fingerprint density at radius 3 is 2.00 bits per heavy atom. The van der Waals surface area contributed by atoms with Crippen LogP contribution in [0, 0.1) is 11.8 Å². The Bertz CT molecular complexity index is 848. The first kappa shape index (κ1) is 31.1. The van der Waals surface area contributed by atoms with Gasteiger partial charge in [0.05, 0.1) is 6.04 Å². The number of carboxylic acid groups (broad SMARTS) is 1. The molecular formula is C26H43N5O5. The van der Waals surface area contributed by atoms with Gasteiger partial charge in [-0.2, -0.15) is 0 Å². The van der Waals surface area contributed by atoms with Crippen LogP contribution in [0.5, 0.6) is 0 Å². The molecule has 3 amide bonds. The van der Waals surface area contributed by atoms with E-state index in [-0.39, 0.29) is 24.7 Å². The summed E-state index contributed by atoms with van der Waals surface area (Å²) in [7, 11) is 0. The number of aliphatic carboxylic acids is 1. The molecule has 8 N–H and O–H groups in total. The standard InChI is InChI=1S/C26H43N5O5/c1-5-17(4)22(26(35)36)31-23(32)19(13-9-10-14-27)29-24(33)20(15-18-11-7-6-8-12-18)30-25(34)21(28)16(2)3/h6-8,11-12,16-17,19-22H,5,9-10,13-15,27-28H2,1-4H3,(H,29,33)(H,30,34)(H,31,32)(H,35,36). The Kier molecular flexibility index (Phi) is 13.7. The molecule has 36 heavy (non-hydrogen) atoms. The number of carboxylic acids is 1. The minimum atomic E-state index is -1.14. The topological polar surface area (TPSA) is 177 Å². The molecule has 5 unspecified atom stereocenters. The molecule has 0 saturated carbocycles. The minimum Gasteiger partial charge on any atom is -0.480 e. The van der Waals surface area contributed by atoms with Crippen molar-refractivity contribution in [2.24, 2.45) is 23.3 Å². The number of nitrogens with one attached hydrogen (secondary N) is 3. The quantitative estimate of drug-likeness (QED) is 0.181. The summed E-state index contributed by atoms with van der Waals surface area (Å²) in [5.41, 5.74) is 12.4. The van der Waals surface area contributed by atoms with Crippen LogP contribution in [0.15, 0.2) is 30.3 Å². The van der Waals surface area contributed by atoms with Gasteiger partial charge in [-0.25, -0.2) is 4.79 Å². The number of nitrogens with two attached hydrogens (primary N) is 2. The lowest BCUT2D eigenvalue weighted by molar-refractivity contribution is -0.144. The number of carbonyl (C=O) groups excluding carboxylic acids is 3. The van der Waals surface area contributed by atoms with Crippen molar-refractivity contribution in [1.82, 2.24) is 16.0 Å². The Morgan fingerprint density at radius 2 is 1.47 bits per heavy atom. The number of benzene rings is 1. The molecule has 0 radical (unpaired) electrons. The molecule has 5 atom stereocenters. The van der Waals surface area contributed by atoms with E-state index in [0.29, 0.717) is 25.8 Å². The van der Waals surface area contributed by atoms with Gasteiger partial charge in [0.25, 0.3) is 0 Å². The highest BCUT2D eigenvalue weighted by Gasteiger charge is 2.32. The zero-order valence-electron chi connectivity index (χ0n) is 21.8. The maximum absolute atomic E-state index is 13.3. The van der Waals surface area contributed by atoms with E-state index >= 15 is 0 Å². The fraction of sp³-hybridized carbons (Fsp3) is 0.615. The maximum atomic E-state index is 13.3. The van der Waals surface area contributed by atoms with Crippen molar-refractivity contribution in [2.45, 2.75) is 84.0 Å². The van der Waals surface area contributed by atoms with Crippen molar-refractivity contribution in [3.05, 3.63) is 35.9 Å². The molecule has 0 aliphatic rings. The van der Waals surface area contributed by atoms with Gasteiger partial charge in [0.2, 0.25) is 17.7 Å². The molecule has 0 bridgehead atoms. The van der Waals surface area contributed by atoms with Crippen molar-refractivity contribution in [3.63, 3.8) is 0 Å². The zero-order valence-corrected chi connectivity index (χ0v) is 21.8. The van der Waals surface area contributed by atoms with E-state index in [2.05, 4.69) is 16.0 Å². The summed E-state index contributed by atoms with van der Waals surface area (Å²) in [4.78, 5) is 50.8. The van der Waals surface area contributed by atoms with Gasteiger partial charge >= 0.3 is 5.97 Å². The second-order valence-corrected chi connectivity index (χ2v) is 9.58. The first-order valence-corrected chi connectivity index (χ1v) is 12.6. The summed E-state index contributed by atoms with van der Waals surface area (Å²) < 4.78 is 0. The monoisotopic (exact) mass is 505 g/mol. The maximum Gasteiger partial charge on any atom is 0.326 e. The smallest absolute Gasteiger partial charge is 0.326 e. The molecule has 10 nitrogen and oxygen atoms in total. The van der Waals surface area contributed by atoms with Crippen LogP contribution in [0.25, 0.3) is 0 Å². The SMILES string of the molecule is CCC(C)C(NC(=O)C(CCCCN)NC(=O)C(Cc1ccccc1)NC(=O)C(N)C(C)C)C(=O)O. The van der Waals surface area contributed by atoms with Gasteiger partial charge in [0, 0.05) is 6.42 Å². The Hall–Kier alpha value is -2.98. The highest BCUT2D eigenvalue weighted by molar-refractivity contribution is 5.94. The molecule has 0 spiro atoms. The normalized spacial score (nSPS) is 15.3. The second kappa shape index (κ2) is 15.9. The predicted octanol–water partition coefficient (Wildman–Crippen LogP) is 0.927. The average Bonchev–Trinajstić information content (AvgIpc) is 2.85. The molecule has 0 fully saturated rings. The van der Waals surface area contributed by atoms with Crippen LogP contribution in [0.3, 0.4) is 0 Å². The number of carbonyl (C=O) groups is 4. The Balaban J connectivity index is 3.12. The van der Waals surface area contributed by atoms with Gasteiger partial charge < -0.3 is 32.5 Å². The fourth-order valence-corrected chi connectivity index (χ4v) is 3.60. The van der Waals surface area contributed by atoms with E-state index in [9.17, 15) is 24.3 Å². The highest BCUT2D eigenvalue weighted by atomic mass is 16.4. The van der Waals surface area contributed by atoms with Crippen LogP contribution in [0.1, 0.15) is 58.9 Å². The summed E-state index contributed by atoms with van der Waals surface area (Å²) in [6.07, 6.45) is 2.23. The van der Waals surface area contributed by atoms with Crippen LogP contribution in [-0.4, -0.2) is 59.5 Å². The summed E-state index contributed by atoms with van der Waals surface area (Å²) >= 11 is 0. The Morgan fingerprint density at radius 1 is 0.889 bits per heavy atom. The molecule has 1 aromatic rings. The van der Waals surface area contributed by atoms with E-state index in [4.69, 9.17) is 11.5 Å². The van der Waals surface area contributed by atoms with Gasteiger partial charge in [0.15, 0.2) is 0 Å². The van der Waals surface area contributed by atoms with Gasteiger partial charge in [-0.15, -0.1) is 0 Å². The van der Waals surface area contributed by atoms with E-state index in [1.165, 1.54) is 0 Å². The summed E-state index contributed by atoms with van der Waals surface area (Å²) in [5, 5.41) is 17.6. The van der Waals surface area contributed by atoms with Crippen LogP contribution >= 0.6 is 0 Å². The Labute approximate surface area is 213 Å². The van der Waals surface area contributed by atoms with Crippen molar-refractivity contribution in [2.75, 3.05) is 6.54 Å². The van der Waals surface area contributed by atoms with Crippen LogP contribution in [0.4, 0.5) is 0 Å². The lowest BCUT2D eigenvalue weighted by Gasteiger charge is -2.27. The third-order valence-corrected chi connectivity index (χ3v) is 6.29. The van der Waals surface area contributed by atoms with E-state index in [0.717, 1.165) is 5.56 Å². The van der Waals surface area contributed by atoms with Gasteiger partial charge in [0.1, 0.15) is 18.1 Å². The highest BCUT2D eigenvalue weighted by Crippen LogP contribution is 2.11. The second-order valence-electron chi connectivity index (χ2n) is 9.58. The first-order valence-electron chi connectivity index (χ1n) is 12.6. The third-order valence-electron chi connectivity index (χ3n) is 6.29. The molecule has 0 heterocycles. The lowest BCUT2D eigenvalue weighted by Crippen LogP contribution is -2.58. The molecule has 0 aliphatic heterocycles. The van der Waals surface area contributed by atoms with Crippen molar-refractivity contribution in [3.8, 4) is 0 Å². The molecule has 0 aliphatic carbocycles. The van der Waals surface area contributed by atoms with E-state index in [1.807, 2.05) is 51.1 Å². The van der Waals surface area contributed by atoms with Crippen molar-refractivity contribution < 1.29 is 24.3 Å². The fourth-order valence-electron chi connectivity index (χ4n) is 3.60. The summed E-state index contributed by atoms with van der Waals surface area (Å²) in [5.74, 6) is -3.17. The van der Waals surface area contributed by atoms with E-state index in [1.54, 1.807) is 6.92 Å². The zero-order chi connectivity index (χ0) is 27.3. The van der Waals surface area contributed by atoms with Gasteiger partial charge in [-0.05, 0) is 43.2 Å². The number of rotatable bonds is 16. The predicted molar refractivity (Wildman–Crippen MR) is 139 cm³/mol. The number of unbranched alkanes of at least 4 members (excludes halogenated alkanes) is 1. The van der Waals surface area contributed by atoms with Gasteiger partial charge in [-0.1, -0.05) is 64.4 Å².